The highest BCUT2D eigenvalue weighted by atomic mass is 16.5. The lowest BCUT2D eigenvalue weighted by atomic mass is 9.96. The Morgan fingerprint density at radius 3 is 2.71 bits per heavy atom. The SMILES string of the molecule is Cc1cc(N)ccc1Oc1ncccc1-c1ccnc(NC2CCCCC2)n1. The van der Waals surface area contributed by atoms with Crippen LogP contribution in [0, 0.1) is 6.92 Å². The summed E-state index contributed by atoms with van der Waals surface area (Å²) in [5, 5.41) is 3.48. The number of aromatic nitrogens is 3. The molecule has 0 saturated heterocycles. The molecule has 144 valence electrons. The number of pyridine rings is 1. The number of anilines is 2. The Hall–Kier alpha value is -3.15. The van der Waals surface area contributed by atoms with Gasteiger partial charge < -0.3 is 15.8 Å². The lowest BCUT2D eigenvalue weighted by molar-refractivity contribution is 0.460. The number of nitrogen functional groups attached to an aromatic ring is 1. The Morgan fingerprint density at radius 1 is 1.04 bits per heavy atom. The second kappa shape index (κ2) is 8.25. The Kier molecular flexibility index (Phi) is 5.37. The molecule has 1 fully saturated rings. The van der Waals surface area contributed by atoms with Gasteiger partial charge >= 0.3 is 0 Å². The van der Waals surface area contributed by atoms with Gasteiger partial charge in [0.2, 0.25) is 11.8 Å². The highest BCUT2D eigenvalue weighted by Crippen LogP contribution is 2.32. The number of nitrogens with one attached hydrogen (secondary N) is 1. The number of ether oxygens (including phenoxy) is 1. The number of nitrogens with zero attached hydrogens (tertiary/aromatic N) is 3. The van der Waals surface area contributed by atoms with Crippen LogP contribution in [0.4, 0.5) is 11.6 Å². The zero-order valence-electron chi connectivity index (χ0n) is 16.1. The molecule has 1 aromatic carbocycles. The molecule has 0 spiro atoms. The number of aryl methyl sites for hydroxylation is 1. The number of hydrogen-bond donors (Lipinski definition) is 2. The molecule has 2 aromatic heterocycles. The van der Waals surface area contributed by atoms with Gasteiger partial charge in [-0.1, -0.05) is 19.3 Å². The second-order valence-electron chi connectivity index (χ2n) is 7.23. The lowest BCUT2D eigenvalue weighted by Crippen LogP contribution is -2.23. The molecular formula is C22H25N5O. The molecule has 2 heterocycles. The van der Waals surface area contributed by atoms with E-state index in [9.17, 15) is 0 Å². The van der Waals surface area contributed by atoms with Crippen LogP contribution in [0.1, 0.15) is 37.7 Å². The summed E-state index contributed by atoms with van der Waals surface area (Å²) in [4.78, 5) is 13.5. The summed E-state index contributed by atoms with van der Waals surface area (Å²) in [6, 6.07) is 11.7. The molecule has 0 aliphatic heterocycles. The van der Waals surface area contributed by atoms with Gasteiger partial charge in [-0.25, -0.2) is 15.0 Å². The Labute approximate surface area is 165 Å². The van der Waals surface area contributed by atoms with Gasteiger partial charge in [0, 0.05) is 24.1 Å². The van der Waals surface area contributed by atoms with Crippen LogP contribution < -0.4 is 15.8 Å². The van der Waals surface area contributed by atoms with Gasteiger partial charge in [0.1, 0.15) is 5.75 Å². The third-order valence-corrected chi connectivity index (χ3v) is 5.05. The predicted molar refractivity (Wildman–Crippen MR) is 111 cm³/mol. The van der Waals surface area contributed by atoms with E-state index in [1.807, 2.05) is 43.3 Å². The van der Waals surface area contributed by atoms with Gasteiger partial charge in [-0.15, -0.1) is 0 Å². The van der Waals surface area contributed by atoms with Gasteiger partial charge in [-0.05, 0) is 61.7 Å². The van der Waals surface area contributed by atoms with Crippen molar-refractivity contribution in [1.82, 2.24) is 15.0 Å². The Morgan fingerprint density at radius 2 is 1.89 bits per heavy atom. The smallest absolute Gasteiger partial charge is 0.228 e. The van der Waals surface area contributed by atoms with Crippen LogP contribution in [0.25, 0.3) is 11.3 Å². The molecule has 0 radical (unpaired) electrons. The summed E-state index contributed by atoms with van der Waals surface area (Å²) in [5.41, 5.74) is 9.11. The first-order valence-electron chi connectivity index (χ1n) is 9.78. The first-order chi connectivity index (χ1) is 13.7. The fourth-order valence-electron chi connectivity index (χ4n) is 3.57. The second-order valence-corrected chi connectivity index (χ2v) is 7.23. The van der Waals surface area contributed by atoms with E-state index in [1.165, 1.54) is 32.1 Å². The van der Waals surface area contributed by atoms with Gasteiger partial charge in [0.05, 0.1) is 11.3 Å². The van der Waals surface area contributed by atoms with Crippen LogP contribution in [-0.2, 0) is 0 Å². The molecule has 6 nitrogen and oxygen atoms in total. The molecule has 1 saturated carbocycles. The van der Waals surface area contributed by atoms with E-state index in [4.69, 9.17) is 15.5 Å². The van der Waals surface area contributed by atoms with E-state index in [-0.39, 0.29) is 0 Å². The lowest BCUT2D eigenvalue weighted by Gasteiger charge is -2.22. The predicted octanol–water partition coefficient (Wildman–Crippen LogP) is 4.97. The van der Waals surface area contributed by atoms with Crippen LogP contribution >= 0.6 is 0 Å². The van der Waals surface area contributed by atoms with E-state index in [1.54, 1.807) is 12.4 Å². The zero-order chi connectivity index (χ0) is 19.3. The van der Waals surface area contributed by atoms with Crippen molar-refractivity contribution in [2.75, 3.05) is 11.1 Å². The van der Waals surface area contributed by atoms with Crippen LogP contribution in [0.2, 0.25) is 0 Å². The Balaban J connectivity index is 1.60. The molecule has 1 aliphatic rings. The topological polar surface area (TPSA) is 86.0 Å². The number of nitrogens with two attached hydrogens (primary N) is 1. The van der Waals surface area contributed by atoms with Gasteiger partial charge in [-0.2, -0.15) is 0 Å². The fraction of sp³-hybridized carbons (Fsp3) is 0.318. The van der Waals surface area contributed by atoms with Crippen LogP contribution in [-0.4, -0.2) is 21.0 Å². The molecule has 0 unspecified atom stereocenters. The fourth-order valence-corrected chi connectivity index (χ4v) is 3.57. The van der Waals surface area contributed by atoms with Crippen molar-refractivity contribution in [3.8, 4) is 22.9 Å². The third-order valence-electron chi connectivity index (χ3n) is 5.05. The van der Waals surface area contributed by atoms with E-state index in [0.717, 1.165) is 22.6 Å². The van der Waals surface area contributed by atoms with Crippen molar-refractivity contribution >= 4 is 11.6 Å². The molecule has 3 N–H and O–H groups in total. The maximum atomic E-state index is 6.09. The minimum Gasteiger partial charge on any atom is -0.438 e. The van der Waals surface area contributed by atoms with Crippen LogP contribution in [0.3, 0.4) is 0 Å². The first-order valence-corrected chi connectivity index (χ1v) is 9.78. The number of rotatable bonds is 5. The molecule has 3 aromatic rings. The summed E-state index contributed by atoms with van der Waals surface area (Å²) < 4.78 is 6.09. The van der Waals surface area contributed by atoms with Gasteiger partial charge in [0.15, 0.2) is 0 Å². The quantitative estimate of drug-likeness (QED) is 0.613. The summed E-state index contributed by atoms with van der Waals surface area (Å²) in [7, 11) is 0. The van der Waals surface area contributed by atoms with E-state index in [0.29, 0.717) is 23.6 Å². The van der Waals surface area contributed by atoms with Crippen molar-refractivity contribution in [2.45, 2.75) is 45.1 Å². The molecule has 0 atom stereocenters. The first kappa shape index (κ1) is 18.2. The molecular weight excluding hydrogens is 350 g/mol. The maximum Gasteiger partial charge on any atom is 0.228 e. The van der Waals surface area contributed by atoms with Crippen molar-refractivity contribution in [3.05, 3.63) is 54.4 Å². The van der Waals surface area contributed by atoms with Crippen LogP contribution in [0.15, 0.2) is 48.8 Å². The molecule has 0 amide bonds. The average molecular weight is 375 g/mol. The minimum absolute atomic E-state index is 0.450. The number of benzene rings is 1. The van der Waals surface area contributed by atoms with E-state index < -0.39 is 0 Å². The molecule has 6 heteroatoms. The van der Waals surface area contributed by atoms with Gasteiger partial charge in [0.25, 0.3) is 0 Å². The third kappa shape index (κ3) is 4.22. The van der Waals surface area contributed by atoms with E-state index >= 15 is 0 Å². The zero-order valence-corrected chi connectivity index (χ0v) is 16.1. The average Bonchev–Trinajstić information content (AvgIpc) is 2.71. The molecule has 1 aliphatic carbocycles. The summed E-state index contributed by atoms with van der Waals surface area (Å²) in [6.07, 6.45) is 9.68. The monoisotopic (exact) mass is 375 g/mol. The van der Waals surface area contributed by atoms with Gasteiger partial charge in [-0.3, -0.25) is 0 Å². The van der Waals surface area contributed by atoms with Crippen molar-refractivity contribution in [3.63, 3.8) is 0 Å². The molecule has 0 bridgehead atoms. The summed E-state index contributed by atoms with van der Waals surface area (Å²) in [5.74, 6) is 1.89. The van der Waals surface area contributed by atoms with E-state index in [2.05, 4.69) is 15.3 Å². The normalized spacial score (nSPS) is 14.6. The highest BCUT2D eigenvalue weighted by molar-refractivity contribution is 5.66. The Bertz CT molecular complexity index is 953. The standard InChI is InChI=1S/C22H25N5O/c1-15-14-16(23)9-10-20(15)28-21-18(8-5-12-24-21)19-11-13-25-22(27-19)26-17-6-3-2-4-7-17/h5,8-14,17H,2-4,6-7,23H2,1H3,(H,25,26,27). The minimum atomic E-state index is 0.450. The highest BCUT2D eigenvalue weighted by Gasteiger charge is 2.16. The van der Waals surface area contributed by atoms with Crippen molar-refractivity contribution < 1.29 is 4.74 Å². The maximum absolute atomic E-state index is 6.09. The molecule has 4 rings (SSSR count). The number of hydrogen-bond acceptors (Lipinski definition) is 6. The summed E-state index contributed by atoms with van der Waals surface area (Å²) >= 11 is 0. The van der Waals surface area contributed by atoms with Crippen molar-refractivity contribution in [2.24, 2.45) is 0 Å². The molecule has 28 heavy (non-hydrogen) atoms. The largest absolute Gasteiger partial charge is 0.438 e. The summed E-state index contributed by atoms with van der Waals surface area (Å²) in [6.45, 7) is 1.96. The van der Waals surface area contributed by atoms with Crippen molar-refractivity contribution in [1.29, 1.82) is 0 Å². The van der Waals surface area contributed by atoms with Crippen LogP contribution in [0.5, 0.6) is 11.6 Å².